The number of hydrogen-bond donors (Lipinski definition) is 1. The molecular formula is C60H57N3O. The molecule has 0 unspecified atom stereocenters. The standard InChI is InChI=1S/C60H57N3O/c1-38(2)43-27-28-54(50(34-43)42-19-14-11-15-20-42)63-55-22-16-21-49(56(55)62-58(63)51-36-48(59(4,5)6)37-52(57(51)64)60(7,8)9)46-31-45(40-17-12-10-13-18-40)32-47(33-46)53-35-44(29-30-61-53)41-25-23-39(3)24-26-41/h10-38,64H,1-9H3/i3D3,4D3,5D3,6D3,7D3,8D3,9D3,38D. The van der Waals surface area contributed by atoms with Crippen molar-refractivity contribution in [2.45, 2.75) is 78.5 Å². The third-order valence-electron chi connectivity index (χ3n) is 11.4. The monoisotopic (exact) mass is 858 g/mol. The van der Waals surface area contributed by atoms with Crippen molar-refractivity contribution in [2.75, 3.05) is 0 Å². The third kappa shape index (κ3) is 8.17. The molecule has 1 N–H and O–H groups in total. The summed E-state index contributed by atoms with van der Waals surface area (Å²) in [6.07, 6.45) is 1.61. The normalized spacial score (nSPS) is 18.7. The van der Waals surface area contributed by atoms with Crippen LogP contribution in [0.2, 0.25) is 0 Å². The number of hydrogen-bond acceptors (Lipinski definition) is 3. The van der Waals surface area contributed by atoms with Gasteiger partial charge in [0.1, 0.15) is 11.6 Å². The lowest BCUT2D eigenvalue weighted by atomic mass is 9.79. The average molecular weight is 858 g/mol. The maximum Gasteiger partial charge on any atom is 0.149 e. The minimum absolute atomic E-state index is 0.0902. The summed E-state index contributed by atoms with van der Waals surface area (Å²) < 4.78 is 192. The molecule has 64 heavy (non-hydrogen) atoms. The molecule has 4 nitrogen and oxygen atoms in total. The van der Waals surface area contributed by atoms with Crippen molar-refractivity contribution >= 4 is 11.0 Å². The van der Waals surface area contributed by atoms with E-state index in [4.69, 9.17) is 40.1 Å². The van der Waals surface area contributed by atoms with Crippen molar-refractivity contribution in [3.63, 3.8) is 0 Å². The fourth-order valence-electron chi connectivity index (χ4n) is 8.11. The van der Waals surface area contributed by atoms with E-state index in [0.29, 0.717) is 61.8 Å². The van der Waals surface area contributed by atoms with Crippen molar-refractivity contribution in [1.82, 2.24) is 14.5 Å². The first-order valence-corrected chi connectivity index (χ1v) is 20.5. The van der Waals surface area contributed by atoms with Gasteiger partial charge in [0.2, 0.25) is 0 Å². The molecule has 0 aliphatic carbocycles. The van der Waals surface area contributed by atoms with Gasteiger partial charge in [0.05, 0.1) is 28.0 Å². The van der Waals surface area contributed by atoms with E-state index in [1.807, 2.05) is 54.6 Å². The zero-order valence-electron chi connectivity index (χ0n) is 57.0. The Hall–Kier alpha value is -7.04. The van der Waals surface area contributed by atoms with Gasteiger partial charge in [-0.1, -0.05) is 170 Å². The highest BCUT2D eigenvalue weighted by atomic mass is 16.3. The topological polar surface area (TPSA) is 50.9 Å². The molecule has 0 aliphatic heterocycles. The average Bonchev–Trinajstić information content (AvgIpc) is 0.774. The van der Waals surface area contributed by atoms with Gasteiger partial charge in [0.25, 0.3) is 0 Å². The summed E-state index contributed by atoms with van der Waals surface area (Å²) in [6, 6.07) is 44.7. The first kappa shape index (κ1) is 23.6. The summed E-state index contributed by atoms with van der Waals surface area (Å²) in [7, 11) is 0. The SMILES string of the molecule is [2H]C([2H])([2H])c1ccc(-c2ccnc(-c3cc(-c4ccccc4)cc(-c4cccc5c4nc(-c4cc(C(C([2H])([2H])[2H])(C([2H])([2H])[2H])C([2H])([2H])[2H])cc(C(C([2H])([2H])[2H])(C([2H])([2H])[2H])C([2H])([2H])[2H])c4O)n5-c4ccc(C([2H])(C)C)cc4-c4ccccc4)c3)c2)cc1. The van der Waals surface area contributed by atoms with Gasteiger partial charge in [0, 0.05) is 58.6 Å². The molecule has 0 aliphatic rings. The molecule has 0 atom stereocenters. The van der Waals surface area contributed by atoms with Gasteiger partial charge in [-0.2, -0.15) is 0 Å². The summed E-state index contributed by atoms with van der Waals surface area (Å²) in [6.45, 7) is -23.8. The number of pyridine rings is 1. The highest BCUT2D eigenvalue weighted by molar-refractivity contribution is 5.98. The number of nitrogens with zero attached hydrogens (tertiary/aromatic N) is 3. The Kier molecular flexibility index (Phi) is 6.11. The lowest BCUT2D eigenvalue weighted by Gasteiger charge is -2.27. The predicted octanol–water partition coefficient (Wildman–Crippen LogP) is 16.2. The van der Waals surface area contributed by atoms with Gasteiger partial charge in [-0.3, -0.25) is 9.55 Å². The first-order chi connectivity index (χ1) is 39.6. The van der Waals surface area contributed by atoms with E-state index >= 15 is 0 Å². The Morgan fingerprint density at radius 1 is 0.562 bits per heavy atom. The van der Waals surface area contributed by atoms with E-state index in [1.54, 1.807) is 105 Å². The predicted molar refractivity (Wildman–Crippen MR) is 269 cm³/mol. The molecule has 318 valence electrons. The molecule has 7 aromatic carbocycles. The molecule has 4 heteroatoms. The van der Waals surface area contributed by atoms with Crippen molar-refractivity contribution in [2.24, 2.45) is 0 Å². The van der Waals surface area contributed by atoms with Gasteiger partial charge < -0.3 is 5.11 Å². The van der Waals surface area contributed by atoms with Crippen LogP contribution in [0.5, 0.6) is 5.75 Å². The fraction of sp³-hybridized carbons (Fsp3) is 0.200. The summed E-state index contributed by atoms with van der Waals surface area (Å²) in [5, 5.41) is 13.1. The summed E-state index contributed by atoms with van der Waals surface area (Å²) in [5.41, 5.74) is -4.99. The lowest BCUT2D eigenvalue weighted by molar-refractivity contribution is 0.446. The molecule has 0 saturated heterocycles. The fourth-order valence-corrected chi connectivity index (χ4v) is 8.11. The molecule has 2 aromatic heterocycles. The molecule has 0 spiro atoms. The van der Waals surface area contributed by atoms with E-state index in [2.05, 4.69) is 0 Å². The van der Waals surface area contributed by atoms with Crippen molar-refractivity contribution < 1.29 is 35.3 Å². The highest BCUT2D eigenvalue weighted by Gasteiger charge is 2.29. The van der Waals surface area contributed by atoms with Gasteiger partial charge in [-0.05, 0) is 123 Å². The van der Waals surface area contributed by atoms with Crippen LogP contribution in [0, 0.1) is 6.85 Å². The Balaban J connectivity index is 1.48. The number of phenols is 1. The number of imidazole rings is 1. The van der Waals surface area contributed by atoms with Crippen molar-refractivity contribution in [3.05, 3.63) is 192 Å². The molecular weight excluding hydrogens is 779 g/mol. The van der Waals surface area contributed by atoms with Crippen LogP contribution >= 0.6 is 0 Å². The van der Waals surface area contributed by atoms with Crippen LogP contribution < -0.4 is 0 Å². The summed E-state index contributed by atoms with van der Waals surface area (Å²) >= 11 is 0. The quantitative estimate of drug-likeness (QED) is 0.166. The number of phenolic OH excluding ortho intramolecular Hbond substituents is 1. The highest BCUT2D eigenvalue weighted by Crippen LogP contribution is 2.46. The van der Waals surface area contributed by atoms with Crippen LogP contribution in [0.1, 0.15) is 113 Å². The van der Waals surface area contributed by atoms with Gasteiger partial charge in [-0.25, -0.2) is 4.98 Å². The summed E-state index contributed by atoms with van der Waals surface area (Å²) in [4.78, 5) is 9.93. The van der Waals surface area contributed by atoms with Gasteiger partial charge in [0.15, 0.2) is 0 Å². The number of aromatic nitrogens is 3. The van der Waals surface area contributed by atoms with Crippen LogP contribution in [0.15, 0.2) is 170 Å². The first-order valence-electron chi connectivity index (χ1n) is 31.5. The van der Waals surface area contributed by atoms with E-state index in [-0.39, 0.29) is 28.4 Å². The Morgan fingerprint density at radius 2 is 1.25 bits per heavy atom. The summed E-state index contributed by atoms with van der Waals surface area (Å²) in [5.74, 6) is -3.13. The van der Waals surface area contributed by atoms with E-state index in [0.717, 1.165) is 5.56 Å². The van der Waals surface area contributed by atoms with Crippen LogP contribution in [0.3, 0.4) is 0 Å². The van der Waals surface area contributed by atoms with Crippen molar-refractivity contribution in [1.29, 1.82) is 0 Å². The number of aryl methyl sites for hydroxylation is 1. The minimum Gasteiger partial charge on any atom is -0.507 e. The van der Waals surface area contributed by atoms with Crippen molar-refractivity contribution in [3.8, 4) is 78.6 Å². The number of rotatable bonds is 8. The second kappa shape index (κ2) is 16.6. The van der Waals surface area contributed by atoms with E-state index in [9.17, 15) is 5.11 Å². The van der Waals surface area contributed by atoms with Gasteiger partial charge in [-0.15, -0.1) is 0 Å². The lowest BCUT2D eigenvalue weighted by Crippen LogP contribution is -2.17. The molecule has 0 radical (unpaired) electrons. The molecule has 0 amide bonds. The van der Waals surface area contributed by atoms with Crippen LogP contribution in [-0.2, 0) is 10.8 Å². The van der Waals surface area contributed by atoms with E-state index in [1.165, 1.54) is 16.7 Å². The molecule has 2 heterocycles. The van der Waals surface area contributed by atoms with Crippen LogP contribution in [0.4, 0.5) is 0 Å². The van der Waals surface area contributed by atoms with Crippen LogP contribution in [0.25, 0.3) is 83.9 Å². The molecule has 9 aromatic rings. The zero-order valence-corrected chi connectivity index (χ0v) is 35.0. The Labute approximate surface area is 409 Å². The second-order valence-corrected chi connectivity index (χ2v) is 16.1. The van der Waals surface area contributed by atoms with Gasteiger partial charge >= 0.3 is 0 Å². The van der Waals surface area contributed by atoms with Crippen LogP contribution in [-0.4, -0.2) is 19.6 Å². The number of para-hydroxylation sites is 1. The number of aromatic hydroxyl groups is 1. The smallest absolute Gasteiger partial charge is 0.149 e. The minimum atomic E-state index is -4.19. The Bertz CT molecular complexity index is 3920. The Morgan fingerprint density at radius 3 is 1.95 bits per heavy atom. The second-order valence-electron chi connectivity index (χ2n) is 16.1. The molecule has 9 rings (SSSR count). The van der Waals surface area contributed by atoms with E-state index < -0.39 is 93.0 Å². The maximum atomic E-state index is 13.1. The molecule has 0 saturated carbocycles. The zero-order chi connectivity index (χ0) is 63.3. The largest absolute Gasteiger partial charge is 0.507 e. The maximum absolute atomic E-state index is 13.1. The number of fused-ring (bicyclic) bond motifs is 1. The molecule has 0 bridgehead atoms. The number of benzene rings is 7. The third-order valence-corrected chi connectivity index (χ3v) is 11.4. The molecule has 0 fully saturated rings.